The number of aliphatic carboxylic acids is 1. The monoisotopic (exact) mass is 623 g/mol. The number of carbonyl (C=O) groups is 2. The molecule has 1 atom stereocenters. The molecular formula is C30H32Cl3NO7. The lowest BCUT2D eigenvalue weighted by molar-refractivity contribution is -0.149. The Morgan fingerprint density at radius 3 is 2.12 bits per heavy atom. The molecule has 0 aliphatic rings. The number of carboxylic acid groups (broad SMARTS) is 1. The average Bonchev–Trinajstić information content (AvgIpc) is 2.93. The smallest absolute Gasteiger partial charge is 0.415 e. The SMILES string of the molecule is CCOC(Cc1ccc(OCCN(CCCOCc2cc(Cl)cc(Cl)c2)C(=O)Oc2ccc(Cl)cc2)cc1)C(=O)O. The van der Waals surface area contributed by atoms with Crippen LogP contribution in [-0.2, 0) is 27.3 Å². The number of carboxylic acids is 1. The van der Waals surface area contributed by atoms with Gasteiger partial charge in [-0.15, -0.1) is 0 Å². The van der Waals surface area contributed by atoms with Crippen LogP contribution in [0.15, 0.2) is 66.7 Å². The summed E-state index contributed by atoms with van der Waals surface area (Å²) in [7, 11) is 0. The molecule has 0 aromatic heterocycles. The molecule has 1 amide bonds. The Kier molecular flexibility index (Phi) is 13.5. The Morgan fingerprint density at radius 1 is 0.829 bits per heavy atom. The lowest BCUT2D eigenvalue weighted by Crippen LogP contribution is -2.38. The van der Waals surface area contributed by atoms with Crippen LogP contribution in [0.5, 0.6) is 11.5 Å². The highest BCUT2D eigenvalue weighted by atomic mass is 35.5. The summed E-state index contributed by atoms with van der Waals surface area (Å²) in [6.45, 7) is 3.67. The number of halogens is 3. The first-order valence-electron chi connectivity index (χ1n) is 13.0. The molecule has 41 heavy (non-hydrogen) atoms. The molecular weight excluding hydrogens is 593 g/mol. The maximum atomic E-state index is 12.9. The maximum Gasteiger partial charge on any atom is 0.415 e. The van der Waals surface area contributed by atoms with Gasteiger partial charge in [0.15, 0.2) is 6.10 Å². The summed E-state index contributed by atoms with van der Waals surface area (Å²) in [6, 6.07) is 18.9. The van der Waals surface area contributed by atoms with Gasteiger partial charge in [0, 0.05) is 41.2 Å². The van der Waals surface area contributed by atoms with Gasteiger partial charge in [0.2, 0.25) is 0 Å². The number of hydrogen-bond acceptors (Lipinski definition) is 6. The highest BCUT2D eigenvalue weighted by Gasteiger charge is 2.18. The summed E-state index contributed by atoms with van der Waals surface area (Å²) in [6.07, 6.45) is -0.619. The minimum Gasteiger partial charge on any atom is -0.492 e. The normalized spacial score (nSPS) is 11.6. The predicted molar refractivity (Wildman–Crippen MR) is 158 cm³/mol. The molecule has 1 unspecified atom stereocenters. The number of carbonyl (C=O) groups excluding carboxylic acids is 1. The van der Waals surface area contributed by atoms with Crippen LogP contribution in [0, 0.1) is 0 Å². The lowest BCUT2D eigenvalue weighted by atomic mass is 10.1. The summed E-state index contributed by atoms with van der Waals surface area (Å²) >= 11 is 18.0. The third-order valence-electron chi connectivity index (χ3n) is 5.80. The number of amides is 1. The Bertz CT molecular complexity index is 1240. The van der Waals surface area contributed by atoms with E-state index in [9.17, 15) is 14.7 Å². The Balaban J connectivity index is 1.52. The first-order valence-corrected chi connectivity index (χ1v) is 14.2. The van der Waals surface area contributed by atoms with Gasteiger partial charge in [0.05, 0.1) is 13.2 Å². The van der Waals surface area contributed by atoms with Crippen molar-refractivity contribution in [3.8, 4) is 11.5 Å². The van der Waals surface area contributed by atoms with Crippen molar-refractivity contribution >= 4 is 46.9 Å². The second-order valence-corrected chi connectivity index (χ2v) is 10.3. The van der Waals surface area contributed by atoms with Gasteiger partial charge in [-0.05, 0) is 79.1 Å². The number of hydrogen-bond donors (Lipinski definition) is 1. The average molecular weight is 625 g/mol. The van der Waals surface area contributed by atoms with Crippen LogP contribution in [-0.4, -0.2) is 61.1 Å². The molecule has 0 bridgehead atoms. The summed E-state index contributed by atoms with van der Waals surface area (Å²) in [4.78, 5) is 25.8. The summed E-state index contributed by atoms with van der Waals surface area (Å²) in [5.41, 5.74) is 1.67. The first-order chi connectivity index (χ1) is 19.7. The Hall–Kier alpha value is -3.01. The molecule has 0 fully saturated rings. The topological polar surface area (TPSA) is 94.5 Å². The molecule has 0 aliphatic carbocycles. The molecule has 220 valence electrons. The zero-order valence-corrected chi connectivity index (χ0v) is 24.8. The number of rotatable bonds is 16. The Morgan fingerprint density at radius 2 is 1.49 bits per heavy atom. The van der Waals surface area contributed by atoms with Gasteiger partial charge < -0.3 is 29.0 Å². The molecule has 0 heterocycles. The standard InChI is InChI=1S/C30H32Cl3NO7/c1-2-39-28(29(35)36)18-21-4-8-26(9-5-21)40-15-13-34(30(37)41-27-10-6-23(31)7-11-27)12-3-14-38-20-22-16-24(32)19-25(33)17-22/h4-11,16-17,19,28H,2-3,12-15,18,20H2,1H3,(H,35,36). The van der Waals surface area contributed by atoms with Gasteiger partial charge in [-0.1, -0.05) is 46.9 Å². The summed E-state index contributed by atoms with van der Waals surface area (Å²) < 4.78 is 22.4. The van der Waals surface area contributed by atoms with E-state index in [-0.39, 0.29) is 19.6 Å². The van der Waals surface area contributed by atoms with Crippen LogP contribution in [0.25, 0.3) is 0 Å². The largest absolute Gasteiger partial charge is 0.492 e. The van der Waals surface area contributed by atoms with Crippen LogP contribution in [0.2, 0.25) is 15.1 Å². The Labute approximate surface area is 254 Å². The van der Waals surface area contributed by atoms with Gasteiger partial charge >= 0.3 is 12.1 Å². The van der Waals surface area contributed by atoms with Crippen molar-refractivity contribution in [3.05, 3.63) is 92.9 Å². The van der Waals surface area contributed by atoms with Gasteiger partial charge in [0.25, 0.3) is 0 Å². The number of ether oxygens (including phenoxy) is 4. The van der Waals surface area contributed by atoms with E-state index in [1.807, 2.05) is 0 Å². The van der Waals surface area contributed by atoms with E-state index in [1.165, 1.54) is 0 Å². The molecule has 3 rings (SSSR count). The zero-order chi connectivity index (χ0) is 29.6. The molecule has 0 radical (unpaired) electrons. The van der Waals surface area contributed by atoms with Gasteiger partial charge in [-0.2, -0.15) is 0 Å². The molecule has 3 aromatic carbocycles. The van der Waals surface area contributed by atoms with Crippen molar-refractivity contribution in [2.45, 2.75) is 32.5 Å². The molecule has 0 aliphatic heterocycles. The fourth-order valence-electron chi connectivity index (χ4n) is 3.83. The van der Waals surface area contributed by atoms with Crippen molar-refractivity contribution < 1.29 is 33.6 Å². The van der Waals surface area contributed by atoms with Crippen molar-refractivity contribution in [1.82, 2.24) is 4.90 Å². The van der Waals surface area contributed by atoms with Crippen molar-refractivity contribution in [1.29, 1.82) is 0 Å². The van der Waals surface area contributed by atoms with Gasteiger partial charge in [0.1, 0.15) is 18.1 Å². The van der Waals surface area contributed by atoms with E-state index in [0.717, 1.165) is 11.1 Å². The molecule has 3 aromatic rings. The number of nitrogens with zero attached hydrogens (tertiary/aromatic N) is 1. The van der Waals surface area contributed by atoms with E-state index < -0.39 is 18.2 Å². The second kappa shape index (κ2) is 17.1. The molecule has 1 N–H and O–H groups in total. The van der Waals surface area contributed by atoms with E-state index >= 15 is 0 Å². The van der Waals surface area contributed by atoms with Gasteiger partial charge in [-0.3, -0.25) is 0 Å². The number of benzene rings is 3. The van der Waals surface area contributed by atoms with Crippen LogP contribution in [0.4, 0.5) is 4.79 Å². The first kappa shape index (κ1) is 32.5. The highest BCUT2D eigenvalue weighted by molar-refractivity contribution is 6.34. The molecule has 0 saturated heterocycles. The van der Waals surface area contributed by atoms with Crippen molar-refractivity contribution in [2.24, 2.45) is 0 Å². The van der Waals surface area contributed by atoms with E-state index in [4.69, 9.17) is 53.8 Å². The predicted octanol–water partition coefficient (Wildman–Crippen LogP) is 7.17. The highest BCUT2D eigenvalue weighted by Crippen LogP contribution is 2.20. The zero-order valence-electron chi connectivity index (χ0n) is 22.6. The van der Waals surface area contributed by atoms with Crippen molar-refractivity contribution in [2.75, 3.05) is 32.9 Å². The summed E-state index contributed by atoms with van der Waals surface area (Å²) in [5, 5.41) is 10.9. The van der Waals surface area contributed by atoms with Crippen LogP contribution in [0.1, 0.15) is 24.5 Å². The minimum atomic E-state index is -1.00. The third-order valence-corrected chi connectivity index (χ3v) is 6.49. The third kappa shape index (κ3) is 11.8. The fourth-order valence-corrected chi connectivity index (χ4v) is 4.53. The van der Waals surface area contributed by atoms with Crippen molar-refractivity contribution in [3.63, 3.8) is 0 Å². The molecule has 0 saturated carbocycles. The second-order valence-electron chi connectivity index (χ2n) is 8.97. The van der Waals surface area contributed by atoms with Gasteiger partial charge in [-0.25, -0.2) is 9.59 Å². The van der Waals surface area contributed by atoms with Crippen LogP contribution < -0.4 is 9.47 Å². The van der Waals surface area contributed by atoms with E-state index in [1.54, 1.807) is 78.6 Å². The van der Waals surface area contributed by atoms with E-state index in [0.29, 0.717) is 59.4 Å². The fraction of sp³-hybridized carbons (Fsp3) is 0.333. The quantitative estimate of drug-likeness (QED) is 0.169. The van der Waals surface area contributed by atoms with E-state index in [2.05, 4.69) is 0 Å². The lowest BCUT2D eigenvalue weighted by Gasteiger charge is -2.22. The molecule has 8 nitrogen and oxygen atoms in total. The van der Waals surface area contributed by atoms with Crippen LogP contribution >= 0.6 is 34.8 Å². The minimum absolute atomic E-state index is 0.216. The molecule has 0 spiro atoms. The molecule has 11 heteroatoms. The van der Waals surface area contributed by atoms with Crippen LogP contribution in [0.3, 0.4) is 0 Å². The summed E-state index contributed by atoms with van der Waals surface area (Å²) in [5.74, 6) is -0.0368. The maximum absolute atomic E-state index is 12.9.